The van der Waals surface area contributed by atoms with E-state index in [-0.39, 0.29) is 28.8 Å². The van der Waals surface area contributed by atoms with E-state index in [2.05, 4.69) is 15.9 Å². The number of fused-ring (bicyclic) bond motifs is 2. The Morgan fingerprint density at radius 2 is 1.38 bits per heavy atom. The van der Waals surface area contributed by atoms with Crippen molar-refractivity contribution in [1.82, 2.24) is 5.06 Å². The van der Waals surface area contributed by atoms with Crippen LogP contribution in [0.25, 0.3) is 0 Å². The molecular formula is C23H20BrNO5S2. The maximum absolute atomic E-state index is 13.9. The summed E-state index contributed by atoms with van der Waals surface area (Å²) in [7, 11) is -8.14. The molecule has 0 saturated carbocycles. The van der Waals surface area contributed by atoms with Crippen LogP contribution in [-0.2, 0) is 24.5 Å². The maximum Gasteiger partial charge on any atom is 0.214 e. The first-order valence-corrected chi connectivity index (χ1v) is 13.9. The van der Waals surface area contributed by atoms with Gasteiger partial charge in [-0.3, -0.25) is 4.84 Å². The second kappa shape index (κ2) is 7.78. The number of rotatable bonds is 5. The van der Waals surface area contributed by atoms with Gasteiger partial charge in [-0.1, -0.05) is 64.5 Å². The molecule has 166 valence electrons. The second-order valence-corrected chi connectivity index (χ2v) is 13.2. The van der Waals surface area contributed by atoms with Crippen LogP contribution in [0.15, 0.2) is 99.2 Å². The standard InChI is InChI=1S/C23H20BrNO5S2/c24-18-13-11-17(12-14-18)21-15-23(32(28,29)20-9-5-2-6-10-20)22(16-25(21)30-23)31(26,27)19-7-3-1-4-8-19/h1-14,21-22H,15-16H2. The van der Waals surface area contributed by atoms with Gasteiger partial charge in [0.05, 0.1) is 15.8 Å². The number of sulfone groups is 2. The summed E-state index contributed by atoms with van der Waals surface area (Å²) < 4.78 is 56.0. The van der Waals surface area contributed by atoms with Crippen LogP contribution < -0.4 is 0 Å². The quantitative estimate of drug-likeness (QED) is 0.489. The summed E-state index contributed by atoms with van der Waals surface area (Å²) in [5.74, 6) is 0. The molecular weight excluding hydrogens is 514 g/mol. The van der Waals surface area contributed by atoms with Crippen molar-refractivity contribution in [3.05, 3.63) is 95.0 Å². The van der Waals surface area contributed by atoms with E-state index in [4.69, 9.17) is 4.84 Å². The molecule has 3 aromatic carbocycles. The largest absolute Gasteiger partial charge is 0.274 e. The van der Waals surface area contributed by atoms with E-state index in [1.807, 2.05) is 24.3 Å². The molecule has 2 saturated heterocycles. The normalized spacial score (nSPS) is 27.5. The smallest absolute Gasteiger partial charge is 0.214 e. The Hall–Kier alpha value is -2.04. The van der Waals surface area contributed by atoms with Crippen LogP contribution in [0.3, 0.4) is 0 Å². The number of benzene rings is 3. The van der Waals surface area contributed by atoms with Gasteiger partial charge in [-0.25, -0.2) is 16.8 Å². The molecule has 0 aliphatic carbocycles. The first kappa shape index (κ1) is 21.8. The van der Waals surface area contributed by atoms with Crippen LogP contribution >= 0.6 is 15.9 Å². The van der Waals surface area contributed by atoms with Gasteiger partial charge in [0.2, 0.25) is 14.8 Å². The van der Waals surface area contributed by atoms with Crippen LogP contribution in [0.1, 0.15) is 18.0 Å². The molecule has 4 unspecified atom stereocenters. The first-order chi connectivity index (χ1) is 15.3. The lowest BCUT2D eigenvalue weighted by molar-refractivity contribution is -0.125. The van der Waals surface area contributed by atoms with Gasteiger partial charge in [0.25, 0.3) is 0 Å². The molecule has 2 aliphatic rings. The Kier molecular flexibility index (Phi) is 5.29. The summed E-state index contributed by atoms with van der Waals surface area (Å²) in [6, 6.07) is 23.1. The number of hydrogen-bond donors (Lipinski definition) is 0. The van der Waals surface area contributed by atoms with Gasteiger partial charge < -0.3 is 0 Å². The zero-order valence-electron chi connectivity index (χ0n) is 16.8. The number of halogens is 1. The highest BCUT2D eigenvalue weighted by Gasteiger charge is 2.69. The van der Waals surface area contributed by atoms with Crippen molar-refractivity contribution in [2.75, 3.05) is 6.54 Å². The van der Waals surface area contributed by atoms with E-state index in [9.17, 15) is 16.8 Å². The zero-order chi connectivity index (χ0) is 22.6. The fourth-order valence-corrected chi connectivity index (χ4v) is 9.29. The number of hydroxylamine groups is 2. The molecule has 2 heterocycles. The summed E-state index contributed by atoms with van der Waals surface area (Å²) >= 11 is 3.41. The van der Waals surface area contributed by atoms with E-state index in [0.29, 0.717) is 0 Å². The zero-order valence-corrected chi connectivity index (χ0v) is 20.1. The van der Waals surface area contributed by atoms with Crippen LogP contribution in [0.4, 0.5) is 0 Å². The summed E-state index contributed by atoms with van der Waals surface area (Å²) in [6.45, 7) is -0.0377. The summed E-state index contributed by atoms with van der Waals surface area (Å²) in [5.41, 5.74) is 0.869. The molecule has 0 radical (unpaired) electrons. The minimum Gasteiger partial charge on any atom is -0.274 e. The molecule has 2 fully saturated rings. The van der Waals surface area contributed by atoms with E-state index in [0.717, 1.165) is 10.0 Å². The Morgan fingerprint density at radius 3 is 1.97 bits per heavy atom. The lowest BCUT2D eigenvalue weighted by Gasteiger charge is -2.32. The monoisotopic (exact) mass is 533 g/mol. The van der Waals surface area contributed by atoms with Crippen molar-refractivity contribution in [1.29, 1.82) is 0 Å². The third kappa shape index (κ3) is 3.26. The lowest BCUT2D eigenvalue weighted by Crippen LogP contribution is -2.52. The van der Waals surface area contributed by atoms with E-state index in [1.165, 1.54) is 29.3 Å². The molecule has 32 heavy (non-hydrogen) atoms. The third-order valence-electron chi connectivity index (χ3n) is 6.14. The second-order valence-electron chi connectivity index (χ2n) is 7.94. The fraction of sp³-hybridized carbons (Fsp3) is 0.217. The fourth-order valence-electron chi connectivity index (χ4n) is 4.54. The van der Waals surface area contributed by atoms with Crippen LogP contribution in [0, 0.1) is 0 Å². The molecule has 2 aliphatic heterocycles. The summed E-state index contributed by atoms with van der Waals surface area (Å²) in [6.07, 6.45) is 0.0165. The van der Waals surface area contributed by atoms with Crippen molar-refractivity contribution < 1.29 is 21.7 Å². The van der Waals surface area contributed by atoms with Crippen molar-refractivity contribution in [3.63, 3.8) is 0 Å². The molecule has 6 nitrogen and oxygen atoms in total. The summed E-state index contributed by atoms with van der Waals surface area (Å²) in [5, 5.41) is 0.267. The predicted octanol–water partition coefficient (Wildman–Crippen LogP) is 4.15. The van der Waals surface area contributed by atoms with Crippen molar-refractivity contribution in [2.45, 2.75) is 32.4 Å². The molecule has 3 aromatic rings. The summed E-state index contributed by atoms with van der Waals surface area (Å²) in [4.78, 5) is 4.27. The van der Waals surface area contributed by atoms with Gasteiger partial charge in [-0.15, -0.1) is 0 Å². The van der Waals surface area contributed by atoms with Crippen molar-refractivity contribution in [3.8, 4) is 0 Å². The SMILES string of the molecule is O=S(=O)(c1ccccc1)C1CN2OC1(S(=O)(=O)c1ccccc1)CC2c1ccc(Br)cc1. The highest BCUT2D eigenvalue weighted by molar-refractivity contribution is 9.10. The Balaban J connectivity index is 1.65. The van der Waals surface area contributed by atoms with Crippen molar-refractivity contribution in [2.24, 2.45) is 0 Å². The third-order valence-corrected chi connectivity index (χ3v) is 11.4. The number of piperidine rings is 1. The van der Waals surface area contributed by atoms with Gasteiger partial charge in [0.1, 0.15) is 5.25 Å². The molecule has 5 rings (SSSR count). The van der Waals surface area contributed by atoms with E-state index in [1.54, 1.807) is 36.4 Å². The number of hydrogen-bond acceptors (Lipinski definition) is 6. The lowest BCUT2D eigenvalue weighted by atomic mass is 9.96. The minimum absolute atomic E-state index is 0.0165. The average molecular weight is 534 g/mol. The van der Waals surface area contributed by atoms with Crippen LogP contribution in [0.2, 0.25) is 0 Å². The topological polar surface area (TPSA) is 80.8 Å². The van der Waals surface area contributed by atoms with Gasteiger partial charge in [-0.05, 0) is 42.0 Å². The molecule has 0 N–H and O–H groups in total. The molecule has 0 amide bonds. The predicted molar refractivity (Wildman–Crippen MR) is 123 cm³/mol. The Labute approximate surface area is 195 Å². The highest BCUT2D eigenvalue weighted by atomic mass is 79.9. The molecule has 9 heteroatoms. The molecule has 0 spiro atoms. The van der Waals surface area contributed by atoms with Gasteiger partial charge >= 0.3 is 0 Å². The van der Waals surface area contributed by atoms with E-state index < -0.39 is 29.9 Å². The minimum atomic E-state index is -4.15. The maximum atomic E-state index is 13.9. The number of nitrogens with zero attached hydrogens (tertiary/aromatic N) is 1. The van der Waals surface area contributed by atoms with Crippen molar-refractivity contribution >= 4 is 35.6 Å². The Morgan fingerprint density at radius 1 is 0.812 bits per heavy atom. The van der Waals surface area contributed by atoms with Gasteiger partial charge in [-0.2, -0.15) is 5.06 Å². The average Bonchev–Trinajstić information content (AvgIpc) is 3.40. The van der Waals surface area contributed by atoms with Gasteiger partial charge in [0.15, 0.2) is 9.84 Å². The molecule has 0 aromatic heterocycles. The Bertz CT molecular complexity index is 1350. The first-order valence-electron chi connectivity index (χ1n) is 10.1. The molecule has 4 atom stereocenters. The van der Waals surface area contributed by atoms with Crippen LogP contribution in [-0.4, -0.2) is 38.6 Å². The highest BCUT2D eigenvalue weighted by Crippen LogP contribution is 2.55. The molecule has 2 bridgehead atoms. The van der Waals surface area contributed by atoms with E-state index >= 15 is 0 Å². The van der Waals surface area contributed by atoms with Crippen LogP contribution in [0.5, 0.6) is 0 Å². The van der Waals surface area contributed by atoms with Gasteiger partial charge in [0, 0.05) is 17.4 Å².